The van der Waals surface area contributed by atoms with Gasteiger partial charge >= 0.3 is 11.9 Å². The number of ether oxygens (including phenoxy) is 2. The van der Waals surface area contributed by atoms with E-state index in [1.54, 1.807) is 0 Å². The maximum Gasteiger partial charge on any atom is 0.340 e. The molecule has 0 amide bonds. The fourth-order valence-corrected chi connectivity index (χ4v) is 1.08. The van der Waals surface area contributed by atoms with Crippen LogP contribution in [-0.2, 0) is 9.47 Å². The molecule has 0 unspecified atom stereocenters. The van der Waals surface area contributed by atoms with Gasteiger partial charge in [0.25, 0.3) is 0 Å². The molecule has 0 aliphatic heterocycles. The highest BCUT2D eigenvalue weighted by atomic mass is 19.1. The minimum Gasteiger partial charge on any atom is -0.465 e. The molecule has 16 heavy (non-hydrogen) atoms. The highest BCUT2D eigenvalue weighted by Crippen LogP contribution is 2.16. The summed E-state index contributed by atoms with van der Waals surface area (Å²) >= 11 is 0. The molecule has 4 nitrogen and oxygen atoms in total. The third-order valence-electron chi connectivity index (χ3n) is 1.87. The van der Waals surface area contributed by atoms with Crippen LogP contribution in [0.15, 0.2) is 12.1 Å². The van der Waals surface area contributed by atoms with Gasteiger partial charge in [0.15, 0.2) is 0 Å². The van der Waals surface area contributed by atoms with Gasteiger partial charge in [-0.3, -0.25) is 0 Å². The number of halogens is 2. The molecule has 0 spiro atoms. The molecule has 0 bridgehead atoms. The first kappa shape index (κ1) is 12.1. The number of esters is 2. The molecular formula is C10H8F2O4. The molecular weight excluding hydrogens is 222 g/mol. The van der Waals surface area contributed by atoms with Crippen molar-refractivity contribution in [1.82, 2.24) is 0 Å². The maximum atomic E-state index is 13.3. The van der Waals surface area contributed by atoms with E-state index >= 15 is 0 Å². The van der Waals surface area contributed by atoms with Gasteiger partial charge in [-0.25, -0.2) is 18.4 Å². The lowest BCUT2D eigenvalue weighted by Crippen LogP contribution is -2.10. The summed E-state index contributed by atoms with van der Waals surface area (Å²) in [5.41, 5.74) is -1.15. The second-order valence-corrected chi connectivity index (χ2v) is 2.80. The molecule has 6 heteroatoms. The highest BCUT2D eigenvalue weighted by molar-refractivity contribution is 5.93. The Kier molecular flexibility index (Phi) is 3.55. The topological polar surface area (TPSA) is 52.6 Å². The molecule has 1 rings (SSSR count). The van der Waals surface area contributed by atoms with Gasteiger partial charge in [0.1, 0.15) is 11.6 Å². The molecule has 1 aromatic rings. The van der Waals surface area contributed by atoms with Crippen LogP contribution >= 0.6 is 0 Å². The number of carbonyl (C=O) groups is 2. The van der Waals surface area contributed by atoms with Crippen molar-refractivity contribution in [2.75, 3.05) is 14.2 Å². The lowest BCUT2D eigenvalue weighted by molar-refractivity contribution is 0.0577. The summed E-state index contributed by atoms with van der Waals surface area (Å²) in [5.74, 6) is -4.14. The largest absolute Gasteiger partial charge is 0.465 e. The first-order chi connectivity index (χ1) is 7.51. The van der Waals surface area contributed by atoms with Crippen molar-refractivity contribution in [1.29, 1.82) is 0 Å². The van der Waals surface area contributed by atoms with Crippen molar-refractivity contribution in [2.45, 2.75) is 0 Å². The van der Waals surface area contributed by atoms with E-state index in [0.29, 0.717) is 12.1 Å². The lowest BCUT2D eigenvalue weighted by atomic mass is 10.1. The van der Waals surface area contributed by atoms with E-state index in [9.17, 15) is 18.4 Å². The van der Waals surface area contributed by atoms with Gasteiger partial charge in [0.2, 0.25) is 0 Å². The molecule has 0 heterocycles. The van der Waals surface area contributed by atoms with Crippen LogP contribution in [0.4, 0.5) is 8.78 Å². The second kappa shape index (κ2) is 4.69. The Labute approximate surface area is 89.8 Å². The van der Waals surface area contributed by atoms with Crippen LogP contribution in [0.3, 0.4) is 0 Å². The number of methoxy groups -OCH3 is 2. The lowest BCUT2D eigenvalue weighted by Gasteiger charge is -2.05. The van der Waals surface area contributed by atoms with Crippen molar-refractivity contribution in [2.24, 2.45) is 0 Å². The first-order valence-corrected chi connectivity index (χ1v) is 4.17. The summed E-state index contributed by atoms with van der Waals surface area (Å²) in [6, 6.07) is 1.18. The second-order valence-electron chi connectivity index (χ2n) is 2.80. The van der Waals surface area contributed by atoms with Crippen molar-refractivity contribution < 1.29 is 27.8 Å². The minimum atomic E-state index is -1.05. The predicted molar refractivity (Wildman–Crippen MR) is 49.0 cm³/mol. The summed E-state index contributed by atoms with van der Waals surface area (Å²) in [6.07, 6.45) is 0. The number of benzene rings is 1. The smallest absolute Gasteiger partial charge is 0.340 e. The van der Waals surface area contributed by atoms with Crippen molar-refractivity contribution in [3.05, 3.63) is 34.9 Å². The minimum absolute atomic E-state index is 0.576. The molecule has 0 atom stereocenters. The van der Waals surface area contributed by atoms with Crippen molar-refractivity contribution >= 4 is 11.9 Å². The quantitative estimate of drug-likeness (QED) is 0.723. The molecule has 0 aliphatic carbocycles. The van der Waals surface area contributed by atoms with E-state index in [1.165, 1.54) is 0 Å². The zero-order valence-corrected chi connectivity index (χ0v) is 8.54. The van der Waals surface area contributed by atoms with Gasteiger partial charge in [-0.2, -0.15) is 0 Å². The van der Waals surface area contributed by atoms with E-state index < -0.39 is 34.7 Å². The SMILES string of the molecule is COC(=O)c1cc(F)c(C(=O)OC)cc1F. The van der Waals surface area contributed by atoms with Gasteiger partial charge in [-0.1, -0.05) is 0 Å². The molecule has 1 aromatic carbocycles. The van der Waals surface area contributed by atoms with Crippen molar-refractivity contribution in [3.8, 4) is 0 Å². The highest BCUT2D eigenvalue weighted by Gasteiger charge is 2.20. The summed E-state index contributed by atoms with van der Waals surface area (Å²) in [5, 5.41) is 0. The Balaban J connectivity index is 3.27. The van der Waals surface area contributed by atoms with Gasteiger partial charge in [-0.05, 0) is 12.1 Å². The van der Waals surface area contributed by atoms with E-state index in [-0.39, 0.29) is 0 Å². The fourth-order valence-electron chi connectivity index (χ4n) is 1.08. The van der Waals surface area contributed by atoms with Crippen LogP contribution in [-0.4, -0.2) is 26.2 Å². The molecule has 0 aliphatic rings. The molecule has 86 valence electrons. The summed E-state index contributed by atoms with van der Waals surface area (Å²) in [6.45, 7) is 0. The third kappa shape index (κ3) is 2.16. The molecule has 0 saturated heterocycles. The number of hydrogen-bond acceptors (Lipinski definition) is 4. The zero-order chi connectivity index (χ0) is 12.3. The standard InChI is InChI=1S/C10H8F2O4/c1-15-9(13)5-3-8(12)6(4-7(5)11)10(14)16-2/h3-4H,1-2H3. The molecule has 0 fully saturated rings. The monoisotopic (exact) mass is 230 g/mol. The maximum absolute atomic E-state index is 13.3. The van der Waals surface area contributed by atoms with Gasteiger partial charge in [-0.15, -0.1) is 0 Å². The predicted octanol–water partition coefficient (Wildman–Crippen LogP) is 1.54. The zero-order valence-electron chi connectivity index (χ0n) is 8.54. The van der Waals surface area contributed by atoms with Crippen LogP contribution in [0.2, 0.25) is 0 Å². The van der Waals surface area contributed by atoms with Gasteiger partial charge in [0.05, 0.1) is 25.3 Å². The Hall–Kier alpha value is -1.98. The van der Waals surface area contributed by atoms with E-state index in [0.717, 1.165) is 14.2 Å². The van der Waals surface area contributed by atoms with Crippen LogP contribution < -0.4 is 0 Å². The molecule has 0 saturated carbocycles. The number of rotatable bonds is 2. The Morgan fingerprint density at radius 1 is 0.938 bits per heavy atom. The number of carbonyl (C=O) groups excluding carboxylic acids is 2. The average molecular weight is 230 g/mol. The van der Waals surface area contributed by atoms with Crippen LogP contribution in [0.1, 0.15) is 20.7 Å². The van der Waals surface area contributed by atoms with Crippen molar-refractivity contribution in [3.63, 3.8) is 0 Å². The normalized spacial score (nSPS) is 9.75. The summed E-state index contributed by atoms with van der Waals surface area (Å²) in [4.78, 5) is 22.0. The summed E-state index contributed by atoms with van der Waals surface area (Å²) in [7, 11) is 2.07. The van der Waals surface area contributed by atoms with Gasteiger partial charge in [0, 0.05) is 0 Å². The molecule has 0 N–H and O–H groups in total. The Morgan fingerprint density at radius 2 is 1.25 bits per heavy atom. The Bertz CT molecular complexity index is 401. The van der Waals surface area contributed by atoms with E-state index in [1.807, 2.05) is 0 Å². The van der Waals surface area contributed by atoms with Crippen LogP contribution in [0.5, 0.6) is 0 Å². The van der Waals surface area contributed by atoms with Crippen LogP contribution in [0, 0.1) is 11.6 Å². The summed E-state index contributed by atoms with van der Waals surface area (Å²) < 4.78 is 35.1. The Morgan fingerprint density at radius 3 is 1.50 bits per heavy atom. The van der Waals surface area contributed by atoms with E-state index in [2.05, 4.69) is 9.47 Å². The molecule has 0 aromatic heterocycles. The number of hydrogen-bond donors (Lipinski definition) is 0. The van der Waals surface area contributed by atoms with Crippen LogP contribution in [0.25, 0.3) is 0 Å². The fraction of sp³-hybridized carbons (Fsp3) is 0.200. The van der Waals surface area contributed by atoms with Gasteiger partial charge < -0.3 is 9.47 Å². The molecule has 0 radical (unpaired) electrons. The average Bonchev–Trinajstić information content (AvgIpc) is 2.29. The first-order valence-electron chi connectivity index (χ1n) is 4.17. The third-order valence-corrected chi connectivity index (χ3v) is 1.87. The van der Waals surface area contributed by atoms with E-state index in [4.69, 9.17) is 0 Å².